The Balaban J connectivity index is -0.0000000450. The minimum absolute atomic E-state index is 0. The van der Waals surface area contributed by atoms with E-state index in [9.17, 15) is 0 Å². The number of hydrogen-bond donors (Lipinski definition) is 0. The molecular formula is C4H3N3Y3-4. The fourth-order valence-corrected chi connectivity index (χ4v) is 0.142. The van der Waals surface area contributed by atoms with Gasteiger partial charge in [0.15, 0.2) is 0 Å². The second kappa shape index (κ2) is 17.4. The largest absolute Gasteiger partial charge is 0.646 e. The van der Waals surface area contributed by atoms with Gasteiger partial charge in [0, 0.05) is 98.1 Å². The van der Waals surface area contributed by atoms with Gasteiger partial charge in [-0.1, -0.05) is 0 Å². The summed E-state index contributed by atoms with van der Waals surface area (Å²) < 4.78 is 0. The minimum Gasteiger partial charge on any atom is -0.646 e. The van der Waals surface area contributed by atoms with Crippen LogP contribution in [-0.4, -0.2) is 15.0 Å². The van der Waals surface area contributed by atoms with Gasteiger partial charge in [0.1, 0.15) is 0 Å². The molecule has 3 nitrogen and oxygen atoms in total. The van der Waals surface area contributed by atoms with Crippen LogP contribution in [0.1, 0.15) is 0 Å². The topological polar surface area (TPSA) is 38.7 Å². The third-order valence-electron chi connectivity index (χ3n) is 0.300. The molecule has 0 N–H and O–H groups in total. The van der Waals surface area contributed by atoms with E-state index in [4.69, 9.17) is 0 Å². The van der Waals surface area contributed by atoms with Crippen molar-refractivity contribution in [2.75, 3.05) is 0 Å². The van der Waals surface area contributed by atoms with Gasteiger partial charge in [0.05, 0.1) is 0 Å². The minimum atomic E-state index is 0. The summed E-state index contributed by atoms with van der Waals surface area (Å²) in [5.74, 6) is 0. The van der Waals surface area contributed by atoms with Gasteiger partial charge in [-0.05, 0) is 0 Å². The Hall–Kier alpha value is 2.32. The Labute approximate surface area is 137 Å². The smallest absolute Gasteiger partial charge is 0 e. The van der Waals surface area contributed by atoms with Gasteiger partial charge in [0.2, 0.25) is 0 Å². The Morgan fingerprint density at radius 2 is 0.800 bits per heavy atom. The quantitative estimate of drug-likeness (QED) is 0.598. The van der Waals surface area contributed by atoms with Crippen molar-refractivity contribution >= 4 is 0 Å². The van der Waals surface area contributed by atoms with E-state index in [1.807, 2.05) is 0 Å². The summed E-state index contributed by atoms with van der Waals surface area (Å²) in [5.41, 5.74) is 0. The molecular weight excluding hydrogens is 357 g/mol. The molecule has 1 aromatic rings. The number of rotatable bonds is 0. The predicted molar refractivity (Wildman–Crippen MR) is 22.7 cm³/mol. The van der Waals surface area contributed by atoms with Gasteiger partial charge in [-0.2, -0.15) is 0 Å². The van der Waals surface area contributed by atoms with Crippen molar-refractivity contribution in [3.63, 3.8) is 0 Å². The molecule has 0 amide bonds. The second-order valence-corrected chi connectivity index (χ2v) is 0.635. The third-order valence-corrected chi connectivity index (χ3v) is 0.300. The van der Waals surface area contributed by atoms with Gasteiger partial charge in [-0.15, -0.1) is 0 Å². The van der Waals surface area contributed by atoms with Crippen molar-refractivity contribution in [3.05, 3.63) is 26.4 Å². The molecule has 0 spiro atoms. The fraction of sp³-hybridized carbons (Fsp3) is 0. The fourth-order valence-electron chi connectivity index (χ4n) is 0.142. The van der Waals surface area contributed by atoms with Gasteiger partial charge >= 0.3 is 0 Å². The zero-order chi connectivity index (χ0) is 4.24. The van der Waals surface area contributed by atoms with Crippen molar-refractivity contribution in [1.82, 2.24) is 15.0 Å². The summed E-state index contributed by atoms with van der Waals surface area (Å²) >= 11 is 0. The maximum atomic E-state index is 3.28. The van der Waals surface area contributed by atoms with Crippen molar-refractivity contribution < 1.29 is 98.1 Å². The van der Waals surface area contributed by atoms with Gasteiger partial charge in [-0.3, -0.25) is 0 Å². The van der Waals surface area contributed by atoms with Crippen LogP contribution in [0.3, 0.4) is 0 Å². The number of nitrogens with zero attached hydrogens (tertiary/aromatic N) is 3. The molecule has 0 aliphatic carbocycles. The molecule has 1 rings (SSSR count). The van der Waals surface area contributed by atoms with Crippen LogP contribution in [0.5, 0.6) is 0 Å². The van der Waals surface area contributed by atoms with Gasteiger partial charge in [0.25, 0.3) is 0 Å². The normalized spacial score (nSPS) is 4.80. The zero-order valence-corrected chi connectivity index (χ0v) is 14.1. The van der Waals surface area contributed by atoms with E-state index in [0.29, 0.717) is 0 Å². The first-order valence-corrected chi connectivity index (χ1v) is 1.34. The van der Waals surface area contributed by atoms with Crippen molar-refractivity contribution in [2.45, 2.75) is 0 Å². The van der Waals surface area contributed by atoms with E-state index in [-0.39, 0.29) is 106 Å². The summed E-state index contributed by atoms with van der Waals surface area (Å²) in [7, 11) is 0. The summed E-state index contributed by atoms with van der Waals surface area (Å²) in [5, 5.41) is 0. The van der Waals surface area contributed by atoms with Crippen LogP contribution in [0, 0.1) is 26.4 Å². The molecule has 0 saturated heterocycles. The predicted octanol–water partition coefficient (Wildman–Crippen LogP) is -0.285. The molecule has 0 aromatic carbocycles. The van der Waals surface area contributed by atoms with Crippen LogP contribution in [-0.2, 0) is 98.1 Å². The van der Waals surface area contributed by atoms with Crippen molar-refractivity contribution in [3.8, 4) is 0 Å². The first kappa shape index (κ1) is 22.8. The molecule has 0 bridgehead atoms. The molecule has 0 saturated carbocycles. The molecule has 47 valence electrons. The van der Waals surface area contributed by atoms with Crippen LogP contribution >= 0.6 is 0 Å². The third kappa shape index (κ3) is 13.0. The van der Waals surface area contributed by atoms with Crippen LogP contribution in [0.15, 0.2) is 0 Å². The van der Waals surface area contributed by atoms with E-state index in [0.717, 1.165) is 0 Å². The van der Waals surface area contributed by atoms with Gasteiger partial charge < -0.3 is 41.4 Å². The molecule has 3 radical (unpaired) electrons. The SMILES string of the molecule is [CH3-].[Y].[Y].[Y].[c-]1n[c-]n[c-]n1. The first-order valence-electron chi connectivity index (χ1n) is 1.34. The Bertz CT molecular complexity index is 87.7. The second-order valence-electron chi connectivity index (χ2n) is 0.635. The molecule has 0 fully saturated rings. The standard InChI is InChI=1S/C3N3.CH3.3Y/c1-4-2-6-3-5-1;;;;/h;1H3;;;/q-3;-1;;;. The summed E-state index contributed by atoms with van der Waals surface area (Å²) in [6.45, 7) is 0. The van der Waals surface area contributed by atoms with E-state index >= 15 is 0 Å². The van der Waals surface area contributed by atoms with Crippen LogP contribution in [0.25, 0.3) is 0 Å². The van der Waals surface area contributed by atoms with Crippen LogP contribution < -0.4 is 0 Å². The van der Waals surface area contributed by atoms with E-state index in [2.05, 4.69) is 33.9 Å². The number of aromatic nitrogens is 3. The molecule has 6 heteroatoms. The first-order chi connectivity index (χ1) is 3.00. The monoisotopic (exact) mass is 360 g/mol. The Morgan fingerprint density at radius 1 is 0.600 bits per heavy atom. The Kier molecular flexibility index (Phi) is 39.7. The zero-order valence-electron chi connectivity index (χ0n) is 5.57. The van der Waals surface area contributed by atoms with E-state index in [1.54, 1.807) is 0 Å². The van der Waals surface area contributed by atoms with E-state index in [1.165, 1.54) is 0 Å². The maximum Gasteiger partial charge on any atom is 0 e. The molecule has 0 aliphatic heterocycles. The molecule has 10 heavy (non-hydrogen) atoms. The molecule has 1 aromatic heterocycles. The average Bonchev–Trinajstić information content (AvgIpc) is 1.72. The molecule has 1 heterocycles. The summed E-state index contributed by atoms with van der Waals surface area (Å²) in [4.78, 5) is 9.84. The number of hydrogen-bond acceptors (Lipinski definition) is 3. The summed E-state index contributed by atoms with van der Waals surface area (Å²) in [6.07, 6.45) is 6.66. The maximum absolute atomic E-state index is 3.28. The summed E-state index contributed by atoms with van der Waals surface area (Å²) in [6, 6.07) is 0. The molecule has 0 unspecified atom stereocenters. The Morgan fingerprint density at radius 3 is 0.900 bits per heavy atom. The van der Waals surface area contributed by atoms with E-state index < -0.39 is 0 Å². The van der Waals surface area contributed by atoms with Crippen LogP contribution in [0.2, 0.25) is 0 Å². The average molecular weight is 360 g/mol. The van der Waals surface area contributed by atoms with Crippen molar-refractivity contribution in [2.24, 2.45) is 0 Å². The van der Waals surface area contributed by atoms with Crippen molar-refractivity contribution in [1.29, 1.82) is 0 Å². The molecule has 0 atom stereocenters. The van der Waals surface area contributed by atoms with Crippen LogP contribution in [0.4, 0.5) is 0 Å². The van der Waals surface area contributed by atoms with Gasteiger partial charge in [-0.25, -0.2) is 0 Å². The molecule has 0 aliphatic rings.